The summed E-state index contributed by atoms with van der Waals surface area (Å²) in [7, 11) is 1.91. The summed E-state index contributed by atoms with van der Waals surface area (Å²) in [5.41, 5.74) is 3.68. The number of benzene rings is 1. The van der Waals surface area contributed by atoms with Crippen molar-refractivity contribution in [3.05, 3.63) is 47.9 Å². The number of nitrogens with zero attached hydrogens (tertiary/aromatic N) is 5. The van der Waals surface area contributed by atoms with Crippen molar-refractivity contribution in [2.24, 2.45) is 7.05 Å². The molecule has 6 heteroatoms. The van der Waals surface area contributed by atoms with Gasteiger partial charge in [-0.2, -0.15) is 5.10 Å². The number of rotatable bonds is 4. The number of nitrogens with one attached hydrogen (secondary N) is 1. The van der Waals surface area contributed by atoms with E-state index in [9.17, 15) is 0 Å². The van der Waals surface area contributed by atoms with Crippen molar-refractivity contribution >= 4 is 16.9 Å². The summed E-state index contributed by atoms with van der Waals surface area (Å²) in [6.07, 6.45) is 5.69. The number of piperidine rings is 1. The number of anilines is 1. The third-order valence-electron chi connectivity index (χ3n) is 5.11. The molecular formula is C19H24N6. The first-order chi connectivity index (χ1) is 12.2. The summed E-state index contributed by atoms with van der Waals surface area (Å²) < 4.78 is 1.78. The van der Waals surface area contributed by atoms with Gasteiger partial charge in [0, 0.05) is 32.7 Å². The second-order valence-electron chi connectivity index (χ2n) is 6.85. The van der Waals surface area contributed by atoms with Gasteiger partial charge in [-0.3, -0.25) is 9.58 Å². The number of likely N-dealkylation sites (tertiary alicyclic amines) is 1. The van der Waals surface area contributed by atoms with Gasteiger partial charge in [0.15, 0.2) is 5.65 Å². The molecular weight excluding hydrogens is 312 g/mol. The second-order valence-corrected chi connectivity index (χ2v) is 6.85. The van der Waals surface area contributed by atoms with E-state index in [1.165, 1.54) is 11.1 Å². The van der Waals surface area contributed by atoms with Gasteiger partial charge < -0.3 is 5.32 Å². The van der Waals surface area contributed by atoms with Crippen molar-refractivity contribution in [1.29, 1.82) is 0 Å². The van der Waals surface area contributed by atoms with Crippen LogP contribution in [0.2, 0.25) is 0 Å². The Balaban J connectivity index is 1.38. The predicted molar refractivity (Wildman–Crippen MR) is 99.4 cm³/mol. The lowest BCUT2D eigenvalue weighted by atomic mass is 10.0. The van der Waals surface area contributed by atoms with Crippen molar-refractivity contribution in [2.45, 2.75) is 32.4 Å². The standard InChI is InChI=1S/C19H24N6/c1-14-5-3-4-6-15(14)12-25-9-7-16(8-10-25)23-18-17-11-22-24(2)19(17)21-13-20-18/h3-6,11,13,16H,7-10,12H2,1-2H3,(H,20,21,23). The molecule has 1 fully saturated rings. The summed E-state index contributed by atoms with van der Waals surface area (Å²) in [4.78, 5) is 11.3. The normalized spacial score (nSPS) is 16.4. The molecule has 6 nitrogen and oxygen atoms in total. The molecule has 1 saturated heterocycles. The molecule has 0 aliphatic carbocycles. The highest BCUT2D eigenvalue weighted by Gasteiger charge is 2.21. The summed E-state index contributed by atoms with van der Waals surface area (Å²) >= 11 is 0. The molecule has 25 heavy (non-hydrogen) atoms. The van der Waals surface area contributed by atoms with Crippen molar-refractivity contribution in [3.8, 4) is 0 Å². The molecule has 3 aromatic rings. The van der Waals surface area contributed by atoms with Gasteiger partial charge in [-0.25, -0.2) is 9.97 Å². The molecule has 1 aromatic carbocycles. The molecule has 0 amide bonds. The monoisotopic (exact) mass is 336 g/mol. The van der Waals surface area contributed by atoms with Gasteiger partial charge in [-0.1, -0.05) is 24.3 Å². The minimum atomic E-state index is 0.450. The van der Waals surface area contributed by atoms with Gasteiger partial charge in [0.25, 0.3) is 0 Å². The molecule has 0 spiro atoms. The molecule has 0 unspecified atom stereocenters. The minimum Gasteiger partial charge on any atom is -0.367 e. The van der Waals surface area contributed by atoms with Crippen LogP contribution in [-0.2, 0) is 13.6 Å². The van der Waals surface area contributed by atoms with E-state index in [1.54, 1.807) is 11.0 Å². The Kier molecular flexibility index (Phi) is 4.36. The van der Waals surface area contributed by atoms with Crippen LogP contribution in [0.1, 0.15) is 24.0 Å². The van der Waals surface area contributed by atoms with Crippen molar-refractivity contribution in [2.75, 3.05) is 18.4 Å². The highest BCUT2D eigenvalue weighted by Crippen LogP contribution is 2.22. The molecule has 130 valence electrons. The van der Waals surface area contributed by atoms with Crippen LogP contribution >= 0.6 is 0 Å². The highest BCUT2D eigenvalue weighted by molar-refractivity contribution is 5.86. The quantitative estimate of drug-likeness (QED) is 0.794. The second kappa shape index (κ2) is 6.80. The fourth-order valence-electron chi connectivity index (χ4n) is 3.53. The number of fused-ring (bicyclic) bond motifs is 1. The van der Waals surface area contributed by atoms with E-state index in [0.29, 0.717) is 6.04 Å². The van der Waals surface area contributed by atoms with Crippen LogP contribution in [0.25, 0.3) is 11.0 Å². The fourth-order valence-corrected chi connectivity index (χ4v) is 3.53. The van der Waals surface area contributed by atoms with Crippen LogP contribution in [0.3, 0.4) is 0 Å². The van der Waals surface area contributed by atoms with Crippen LogP contribution in [-0.4, -0.2) is 43.8 Å². The maximum Gasteiger partial charge on any atom is 0.163 e. The van der Waals surface area contributed by atoms with E-state index >= 15 is 0 Å². The first kappa shape index (κ1) is 16.0. The Morgan fingerprint density at radius 2 is 1.96 bits per heavy atom. The van der Waals surface area contributed by atoms with Crippen molar-refractivity contribution in [1.82, 2.24) is 24.6 Å². The number of hydrogen-bond acceptors (Lipinski definition) is 5. The Hall–Kier alpha value is -2.47. The Labute approximate surface area is 147 Å². The number of aryl methyl sites for hydroxylation is 2. The SMILES string of the molecule is Cc1ccccc1CN1CCC(Nc2ncnc3c2cnn3C)CC1. The van der Waals surface area contributed by atoms with Gasteiger partial charge in [-0.15, -0.1) is 0 Å². The third-order valence-corrected chi connectivity index (χ3v) is 5.11. The number of aromatic nitrogens is 4. The maximum absolute atomic E-state index is 4.42. The first-order valence-corrected chi connectivity index (χ1v) is 8.87. The Bertz CT molecular complexity index is 863. The van der Waals surface area contributed by atoms with Crippen LogP contribution in [0.4, 0.5) is 5.82 Å². The van der Waals surface area contributed by atoms with E-state index in [0.717, 1.165) is 49.3 Å². The molecule has 1 N–H and O–H groups in total. The molecule has 1 aliphatic heterocycles. The predicted octanol–water partition coefficient (Wildman–Crippen LogP) is 2.75. The molecule has 4 rings (SSSR count). The fraction of sp³-hybridized carbons (Fsp3) is 0.421. The third kappa shape index (κ3) is 3.35. The minimum absolute atomic E-state index is 0.450. The summed E-state index contributed by atoms with van der Waals surface area (Å²) in [5.74, 6) is 0.899. The summed E-state index contributed by atoms with van der Waals surface area (Å²) in [6, 6.07) is 9.12. The van der Waals surface area contributed by atoms with Crippen LogP contribution in [0, 0.1) is 6.92 Å². The van der Waals surface area contributed by atoms with Gasteiger partial charge in [-0.05, 0) is 30.9 Å². The Morgan fingerprint density at radius 3 is 2.76 bits per heavy atom. The maximum atomic E-state index is 4.42. The van der Waals surface area contributed by atoms with Crippen LogP contribution in [0.15, 0.2) is 36.8 Å². The van der Waals surface area contributed by atoms with Crippen molar-refractivity contribution in [3.63, 3.8) is 0 Å². The van der Waals surface area contributed by atoms with E-state index in [4.69, 9.17) is 0 Å². The number of hydrogen-bond donors (Lipinski definition) is 1. The molecule has 1 aliphatic rings. The molecule has 3 heterocycles. The Morgan fingerprint density at radius 1 is 1.16 bits per heavy atom. The van der Waals surface area contributed by atoms with Gasteiger partial charge in [0.2, 0.25) is 0 Å². The largest absolute Gasteiger partial charge is 0.367 e. The highest BCUT2D eigenvalue weighted by atomic mass is 15.3. The summed E-state index contributed by atoms with van der Waals surface area (Å²) in [6.45, 7) is 5.44. The molecule has 0 bridgehead atoms. The van der Waals surface area contributed by atoms with Gasteiger partial charge in [0.1, 0.15) is 12.1 Å². The topological polar surface area (TPSA) is 58.9 Å². The first-order valence-electron chi connectivity index (χ1n) is 8.87. The average molecular weight is 336 g/mol. The van der Waals surface area contributed by atoms with Crippen LogP contribution < -0.4 is 5.32 Å². The lowest BCUT2D eigenvalue weighted by Crippen LogP contribution is -2.38. The molecule has 0 saturated carbocycles. The van der Waals surface area contributed by atoms with Crippen LogP contribution in [0.5, 0.6) is 0 Å². The van der Waals surface area contributed by atoms with Gasteiger partial charge in [0.05, 0.1) is 11.6 Å². The van der Waals surface area contributed by atoms with Crippen molar-refractivity contribution < 1.29 is 0 Å². The van der Waals surface area contributed by atoms with E-state index in [2.05, 4.69) is 56.5 Å². The van der Waals surface area contributed by atoms with E-state index < -0.39 is 0 Å². The summed E-state index contributed by atoms with van der Waals surface area (Å²) in [5, 5.41) is 8.88. The zero-order valence-corrected chi connectivity index (χ0v) is 14.8. The lowest BCUT2D eigenvalue weighted by molar-refractivity contribution is 0.211. The molecule has 0 atom stereocenters. The zero-order chi connectivity index (χ0) is 17.2. The van der Waals surface area contributed by atoms with Gasteiger partial charge >= 0.3 is 0 Å². The average Bonchev–Trinajstić information content (AvgIpc) is 3.01. The molecule has 2 aromatic heterocycles. The molecule has 0 radical (unpaired) electrons. The van der Waals surface area contributed by atoms with E-state index in [1.807, 2.05) is 13.2 Å². The lowest BCUT2D eigenvalue weighted by Gasteiger charge is -2.33. The smallest absolute Gasteiger partial charge is 0.163 e. The zero-order valence-electron chi connectivity index (χ0n) is 14.8. The van der Waals surface area contributed by atoms with E-state index in [-0.39, 0.29) is 0 Å².